The molecule has 1 aliphatic rings. The summed E-state index contributed by atoms with van der Waals surface area (Å²) in [6.45, 7) is 2.18. The molecule has 0 bridgehead atoms. The molecule has 2 heterocycles. The van der Waals surface area contributed by atoms with Gasteiger partial charge in [-0.3, -0.25) is 0 Å². The fourth-order valence-electron chi connectivity index (χ4n) is 2.66. The minimum atomic E-state index is -0.292. The van der Waals surface area contributed by atoms with E-state index in [0.29, 0.717) is 12.3 Å². The van der Waals surface area contributed by atoms with Crippen LogP contribution >= 0.6 is 0 Å². The molecular formula is C14H16N2O3. The van der Waals surface area contributed by atoms with E-state index in [9.17, 15) is 4.79 Å². The van der Waals surface area contributed by atoms with Gasteiger partial charge in [-0.1, -0.05) is 5.16 Å². The molecule has 0 spiro atoms. The van der Waals surface area contributed by atoms with Gasteiger partial charge in [-0.2, -0.15) is 0 Å². The van der Waals surface area contributed by atoms with Gasteiger partial charge >= 0.3 is 5.97 Å². The van der Waals surface area contributed by atoms with Crippen LogP contribution < -0.4 is 0 Å². The molecule has 100 valence electrons. The van der Waals surface area contributed by atoms with Crippen molar-refractivity contribution in [3.63, 3.8) is 0 Å². The van der Waals surface area contributed by atoms with Gasteiger partial charge in [-0.25, -0.2) is 4.79 Å². The highest BCUT2D eigenvalue weighted by molar-refractivity contribution is 5.90. The Morgan fingerprint density at radius 1 is 1.47 bits per heavy atom. The number of hydrogen-bond acceptors (Lipinski definition) is 4. The third-order valence-corrected chi connectivity index (χ3v) is 3.55. The molecule has 0 unspecified atom stereocenters. The van der Waals surface area contributed by atoms with Crippen LogP contribution in [0.1, 0.15) is 35.0 Å². The summed E-state index contributed by atoms with van der Waals surface area (Å²) in [7, 11) is 1.86. The van der Waals surface area contributed by atoms with Crippen LogP contribution in [0.3, 0.4) is 0 Å². The number of esters is 1. The van der Waals surface area contributed by atoms with Gasteiger partial charge in [0.1, 0.15) is 5.69 Å². The molecule has 2 aromatic rings. The Labute approximate surface area is 111 Å². The topological polar surface area (TPSA) is 57.3 Å². The minimum absolute atomic E-state index is 0.292. The number of carbonyl (C=O) groups is 1. The van der Waals surface area contributed by atoms with Crippen molar-refractivity contribution < 1.29 is 14.1 Å². The fraction of sp³-hybridized carbons (Fsp3) is 0.429. The molecule has 0 radical (unpaired) electrons. The van der Waals surface area contributed by atoms with Crippen LogP contribution in [-0.4, -0.2) is 22.3 Å². The zero-order chi connectivity index (χ0) is 13.4. The Morgan fingerprint density at radius 3 is 3.05 bits per heavy atom. The van der Waals surface area contributed by atoms with Gasteiger partial charge in [-0.05, 0) is 37.8 Å². The van der Waals surface area contributed by atoms with Crippen molar-refractivity contribution >= 4 is 5.97 Å². The van der Waals surface area contributed by atoms with E-state index in [-0.39, 0.29) is 5.97 Å². The van der Waals surface area contributed by atoms with E-state index < -0.39 is 0 Å². The highest BCUT2D eigenvalue weighted by Gasteiger charge is 2.26. The van der Waals surface area contributed by atoms with Crippen molar-refractivity contribution in [2.24, 2.45) is 7.05 Å². The van der Waals surface area contributed by atoms with Gasteiger partial charge in [0.2, 0.25) is 0 Å². The Morgan fingerprint density at radius 2 is 2.26 bits per heavy atom. The normalized spacial score (nSPS) is 13.6. The quantitative estimate of drug-likeness (QED) is 0.778. The van der Waals surface area contributed by atoms with Crippen LogP contribution in [0.4, 0.5) is 0 Å². The molecule has 1 aliphatic carbocycles. The van der Waals surface area contributed by atoms with Crippen LogP contribution in [-0.2, 0) is 24.6 Å². The summed E-state index contributed by atoms with van der Waals surface area (Å²) < 4.78 is 12.3. The first-order chi connectivity index (χ1) is 9.22. The van der Waals surface area contributed by atoms with E-state index in [0.717, 1.165) is 41.8 Å². The summed E-state index contributed by atoms with van der Waals surface area (Å²) in [6, 6.07) is 1.91. The van der Waals surface area contributed by atoms with Gasteiger partial charge in [0.05, 0.1) is 18.5 Å². The molecule has 0 aliphatic heterocycles. The lowest BCUT2D eigenvalue weighted by atomic mass is 10.1. The maximum Gasteiger partial charge on any atom is 0.354 e. The van der Waals surface area contributed by atoms with Gasteiger partial charge in [0, 0.05) is 12.6 Å². The summed E-state index contributed by atoms with van der Waals surface area (Å²) in [5.41, 5.74) is 3.75. The van der Waals surface area contributed by atoms with Crippen molar-refractivity contribution in [1.82, 2.24) is 9.72 Å². The zero-order valence-electron chi connectivity index (χ0n) is 11.1. The Hall–Kier alpha value is -2.04. The average Bonchev–Trinajstić information content (AvgIpc) is 2.91. The Bertz CT molecular complexity index is 625. The van der Waals surface area contributed by atoms with Gasteiger partial charge in [-0.15, -0.1) is 0 Å². The second-order valence-corrected chi connectivity index (χ2v) is 4.72. The van der Waals surface area contributed by atoms with E-state index in [2.05, 4.69) is 5.16 Å². The predicted octanol–water partition coefficient (Wildman–Crippen LogP) is 2.35. The SMILES string of the molecule is CCOC(=O)c1cc2c(n1C)-c1oncc1CCC2. The second-order valence-electron chi connectivity index (χ2n) is 4.72. The fourth-order valence-corrected chi connectivity index (χ4v) is 2.66. The predicted molar refractivity (Wildman–Crippen MR) is 68.9 cm³/mol. The summed E-state index contributed by atoms with van der Waals surface area (Å²) in [4.78, 5) is 11.9. The minimum Gasteiger partial charge on any atom is -0.461 e. The molecule has 0 atom stereocenters. The molecule has 3 rings (SSSR count). The molecule has 5 nitrogen and oxygen atoms in total. The molecule has 0 amide bonds. The van der Waals surface area contributed by atoms with Crippen LogP contribution in [0.25, 0.3) is 11.5 Å². The lowest BCUT2D eigenvalue weighted by molar-refractivity contribution is 0.0515. The van der Waals surface area contributed by atoms with Crippen LogP contribution in [0.15, 0.2) is 16.8 Å². The molecular weight excluding hydrogens is 244 g/mol. The lowest BCUT2D eigenvalue weighted by Gasteiger charge is -2.06. The highest BCUT2D eigenvalue weighted by atomic mass is 16.5. The molecule has 2 aromatic heterocycles. The smallest absolute Gasteiger partial charge is 0.354 e. The van der Waals surface area contributed by atoms with Crippen molar-refractivity contribution in [2.45, 2.75) is 26.2 Å². The number of aromatic nitrogens is 2. The van der Waals surface area contributed by atoms with E-state index >= 15 is 0 Å². The molecule has 19 heavy (non-hydrogen) atoms. The van der Waals surface area contributed by atoms with Crippen molar-refractivity contribution in [2.75, 3.05) is 6.61 Å². The average molecular weight is 260 g/mol. The van der Waals surface area contributed by atoms with Crippen molar-refractivity contribution in [1.29, 1.82) is 0 Å². The first-order valence-electron chi connectivity index (χ1n) is 6.52. The summed E-state index contributed by atoms with van der Waals surface area (Å²) in [5.74, 6) is 0.490. The number of fused-ring (bicyclic) bond motifs is 3. The molecule has 5 heteroatoms. The molecule has 0 saturated carbocycles. The summed E-state index contributed by atoms with van der Waals surface area (Å²) >= 11 is 0. The monoisotopic (exact) mass is 260 g/mol. The maximum atomic E-state index is 11.9. The highest BCUT2D eigenvalue weighted by Crippen LogP contribution is 2.34. The van der Waals surface area contributed by atoms with E-state index in [1.54, 1.807) is 13.1 Å². The van der Waals surface area contributed by atoms with Gasteiger partial charge in [0.25, 0.3) is 0 Å². The number of nitrogens with zero attached hydrogens (tertiary/aromatic N) is 2. The summed E-state index contributed by atoms with van der Waals surface area (Å²) in [5, 5.41) is 3.87. The van der Waals surface area contributed by atoms with Crippen LogP contribution in [0, 0.1) is 0 Å². The number of rotatable bonds is 2. The number of hydrogen-bond donors (Lipinski definition) is 0. The van der Waals surface area contributed by atoms with Gasteiger partial charge < -0.3 is 13.8 Å². The van der Waals surface area contributed by atoms with Gasteiger partial charge in [0.15, 0.2) is 5.76 Å². The zero-order valence-corrected chi connectivity index (χ0v) is 11.1. The second kappa shape index (κ2) is 4.57. The lowest BCUT2D eigenvalue weighted by Crippen LogP contribution is -2.10. The third-order valence-electron chi connectivity index (χ3n) is 3.55. The largest absolute Gasteiger partial charge is 0.461 e. The Kier molecular flexibility index (Phi) is 2.89. The Balaban J connectivity index is 2.13. The molecule has 0 fully saturated rings. The molecule has 0 N–H and O–H groups in total. The van der Waals surface area contributed by atoms with Crippen LogP contribution in [0.5, 0.6) is 0 Å². The first kappa shape index (κ1) is 12.0. The van der Waals surface area contributed by atoms with Crippen LogP contribution in [0.2, 0.25) is 0 Å². The van der Waals surface area contributed by atoms with Crippen molar-refractivity contribution in [3.8, 4) is 11.5 Å². The third kappa shape index (κ3) is 1.85. The number of carbonyl (C=O) groups excluding carboxylic acids is 1. The molecule has 0 aromatic carbocycles. The summed E-state index contributed by atoms with van der Waals surface area (Å²) in [6.07, 6.45) is 4.70. The van der Waals surface area contributed by atoms with Crippen molar-refractivity contribution in [3.05, 3.63) is 29.1 Å². The van der Waals surface area contributed by atoms with E-state index in [4.69, 9.17) is 9.26 Å². The number of aryl methyl sites for hydroxylation is 2. The molecule has 0 saturated heterocycles. The van der Waals surface area contributed by atoms with E-state index in [1.807, 2.05) is 17.7 Å². The maximum absolute atomic E-state index is 11.9. The first-order valence-corrected chi connectivity index (χ1v) is 6.52. The van der Waals surface area contributed by atoms with E-state index in [1.165, 1.54) is 0 Å². The number of ether oxygens (including phenoxy) is 1. The standard InChI is InChI=1S/C14H16N2O3/c1-3-18-14(17)11-7-9-5-4-6-10-8-15-19-13(10)12(9)16(11)2/h7-8H,3-6H2,1-2H3.